The summed E-state index contributed by atoms with van der Waals surface area (Å²) in [6.07, 6.45) is 1.92. The molecule has 1 unspecified atom stereocenters. The second-order valence-corrected chi connectivity index (χ2v) is 5.16. The summed E-state index contributed by atoms with van der Waals surface area (Å²) in [5.74, 6) is 4.45. The number of H-pyrrole nitrogens is 1. The number of hydrogen-bond acceptors (Lipinski definition) is 2. The van der Waals surface area contributed by atoms with Crippen LogP contribution in [0.5, 0.6) is 5.75 Å². The summed E-state index contributed by atoms with van der Waals surface area (Å²) in [6.45, 7) is 0. The minimum Gasteiger partial charge on any atom is -0.497 e. The largest absolute Gasteiger partial charge is 0.497 e. The molecule has 1 aliphatic carbocycles. The van der Waals surface area contributed by atoms with Gasteiger partial charge in [0.25, 0.3) is 0 Å². The molecule has 1 aromatic heterocycles. The summed E-state index contributed by atoms with van der Waals surface area (Å²) in [5.41, 5.74) is 6.52. The third-order valence-corrected chi connectivity index (χ3v) is 3.86. The van der Waals surface area contributed by atoms with E-state index in [2.05, 4.69) is 33.7 Å². The minimum atomic E-state index is 0.332. The fraction of sp³-hybridized carbons (Fsp3) is 0.308. The molecule has 3 rings (SSSR count). The maximum atomic E-state index is 5.29. The molecule has 1 aromatic carbocycles. The molecule has 0 aliphatic heterocycles. The maximum Gasteiger partial charge on any atom is 0.213 e. The highest BCUT2D eigenvalue weighted by Crippen LogP contribution is 2.32. The summed E-state index contributed by atoms with van der Waals surface area (Å²) in [4.78, 5) is 3.47. The number of ether oxygens (including phenoxy) is 1. The van der Waals surface area contributed by atoms with E-state index < -0.39 is 0 Å². The van der Waals surface area contributed by atoms with Gasteiger partial charge in [-0.3, -0.25) is 5.84 Å². The minimum absolute atomic E-state index is 0.332. The molecule has 1 heterocycles. The van der Waals surface area contributed by atoms with Gasteiger partial charge in [-0.1, -0.05) is 0 Å². The smallest absolute Gasteiger partial charge is 0.213 e. The lowest BCUT2D eigenvalue weighted by atomic mass is 10.1. The number of hydrogen-bond donors (Lipinski definition) is 4. The Morgan fingerprint density at radius 2 is 2.32 bits per heavy atom. The average Bonchev–Trinajstić information content (AvgIpc) is 2.95. The number of methoxy groups -OCH3 is 1. The van der Waals surface area contributed by atoms with Crippen LogP contribution in [0.4, 0.5) is 0 Å². The fourth-order valence-electron chi connectivity index (χ4n) is 2.72. The van der Waals surface area contributed by atoms with Crippen LogP contribution in [0.15, 0.2) is 18.2 Å². The monoisotopic (exact) mass is 277 g/mol. The lowest BCUT2D eigenvalue weighted by Crippen LogP contribution is -2.70. The SMILES string of the molecule is COc1ccc2[nH]c3c(c2c1)CC(NC(=S)N[NH3+])C3. The van der Waals surface area contributed by atoms with Gasteiger partial charge in [-0.2, -0.15) is 0 Å². The number of thiocarbonyl (C=S) groups is 1. The molecule has 1 aliphatic rings. The Morgan fingerprint density at radius 1 is 1.47 bits per heavy atom. The van der Waals surface area contributed by atoms with E-state index in [1.807, 2.05) is 6.07 Å². The Kier molecular flexibility index (Phi) is 3.04. The Morgan fingerprint density at radius 3 is 3.05 bits per heavy atom. The van der Waals surface area contributed by atoms with Crippen LogP contribution in [0.1, 0.15) is 11.3 Å². The molecule has 0 radical (unpaired) electrons. The van der Waals surface area contributed by atoms with E-state index in [-0.39, 0.29) is 0 Å². The van der Waals surface area contributed by atoms with Crippen molar-refractivity contribution in [2.75, 3.05) is 7.11 Å². The van der Waals surface area contributed by atoms with Crippen molar-refractivity contribution in [2.24, 2.45) is 0 Å². The number of fused-ring (bicyclic) bond motifs is 3. The van der Waals surface area contributed by atoms with Crippen molar-refractivity contribution >= 4 is 28.2 Å². The zero-order valence-corrected chi connectivity index (χ0v) is 11.6. The molecule has 6 N–H and O–H groups in total. The summed E-state index contributed by atoms with van der Waals surface area (Å²) in [5, 5.41) is 5.10. The van der Waals surface area contributed by atoms with Gasteiger partial charge < -0.3 is 15.0 Å². The van der Waals surface area contributed by atoms with Gasteiger partial charge in [0.15, 0.2) is 0 Å². The average molecular weight is 277 g/mol. The molecule has 100 valence electrons. The van der Waals surface area contributed by atoms with E-state index in [1.54, 1.807) is 7.11 Å². The second-order valence-electron chi connectivity index (χ2n) is 4.75. The first kappa shape index (κ1) is 12.3. The number of nitrogens with one attached hydrogen (secondary N) is 3. The lowest BCUT2D eigenvalue weighted by Gasteiger charge is -2.12. The van der Waals surface area contributed by atoms with Crippen molar-refractivity contribution in [3.05, 3.63) is 29.5 Å². The predicted molar refractivity (Wildman–Crippen MR) is 77.8 cm³/mol. The fourth-order valence-corrected chi connectivity index (χ4v) is 2.89. The van der Waals surface area contributed by atoms with Crippen molar-refractivity contribution in [3.63, 3.8) is 0 Å². The lowest BCUT2D eigenvalue weighted by molar-refractivity contribution is -0.419. The molecule has 2 aromatic rings. The zero-order chi connectivity index (χ0) is 13.4. The van der Waals surface area contributed by atoms with Crippen LogP contribution in [0.2, 0.25) is 0 Å². The molecule has 0 fully saturated rings. The van der Waals surface area contributed by atoms with Crippen molar-refractivity contribution in [1.82, 2.24) is 15.7 Å². The van der Waals surface area contributed by atoms with Crippen molar-refractivity contribution < 1.29 is 10.6 Å². The van der Waals surface area contributed by atoms with Gasteiger partial charge in [0, 0.05) is 29.1 Å². The van der Waals surface area contributed by atoms with Crippen LogP contribution in [0.25, 0.3) is 10.9 Å². The number of rotatable bonds is 2. The molecular formula is C13H17N4OS+. The highest BCUT2D eigenvalue weighted by Gasteiger charge is 2.26. The van der Waals surface area contributed by atoms with Gasteiger partial charge in [0.05, 0.1) is 7.11 Å². The number of quaternary nitrogens is 1. The van der Waals surface area contributed by atoms with Gasteiger partial charge in [-0.25, -0.2) is 5.43 Å². The van der Waals surface area contributed by atoms with E-state index >= 15 is 0 Å². The van der Waals surface area contributed by atoms with Crippen LogP contribution in [-0.2, 0) is 12.8 Å². The Bertz CT molecular complexity index is 637. The van der Waals surface area contributed by atoms with Crippen LogP contribution >= 0.6 is 12.2 Å². The third kappa shape index (κ3) is 2.13. The molecule has 1 atom stereocenters. The maximum absolute atomic E-state index is 5.29. The Balaban J connectivity index is 1.89. The standard InChI is InChI=1S/C13H16N4OS/c1-18-8-2-3-11-10(6-8)9-4-7(5-12(9)16-11)15-13(19)17-14/h2-3,6-7,16H,4-5,14H2,1H3,(H2,15,17,19)/p+1. The van der Waals surface area contributed by atoms with Gasteiger partial charge in [0.1, 0.15) is 5.75 Å². The van der Waals surface area contributed by atoms with Crippen LogP contribution < -0.4 is 21.3 Å². The quantitative estimate of drug-likeness (QED) is 0.469. The molecule has 5 nitrogen and oxygen atoms in total. The van der Waals surface area contributed by atoms with E-state index in [0.717, 1.165) is 18.6 Å². The highest BCUT2D eigenvalue weighted by molar-refractivity contribution is 7.80. The van der Waals surface area contributed by atoms with Gasteiger partial charge in [0.2, 0.25) is 5.11 Å². The normalized spacial score (nSPS) is 17.3. The molecule has 6 heteroatoms. The second kappa shape index (κ2) is 4.71. The first-order chi connectivity index (χ1) is 9.21. The topological polar surface area (TPSA) is 76.7 Å². The molecule has 0 saturated carbocycles. The summed E-state index contributed by atoms with van der Waals surface area (Å²) in [6, 6.07) is 6.46. The first-order valence-corrected chi connectivity index (χ1v) is 6.63. The number of aromatic amines is 1. The molecular weight excluding hydrogens is 260 g/mol. The first-order valence-electron chi connectivity index (χ1n) is 6.22. The molecule has 0 bridgehead atoms. The van der Waals surface area contributed by atoms with Crippen molar-refractivity contribution in [2.45, 2.75) is 18.9 Å². The van der Waals surface area contributed by atoms with Crippen molar-refractivity contribution in [3.8, 4) is 5.75 Å². The molecule has 19 heavy (non-hydrogen) atoms. The number of benzene rings is 1. The van der Waals surface area contributed by atoms with E-state index in [9.17, 15) is 0 Å². The van der Waals surface area contributed by atoms with Crippen LogP contribution in [0.3, 0.4) is 0 Å². The van der Waals surface area contributed by atoms with Gasteiger partial charge >= 0.3 is 0 Å². The Labute approximate surface area is 116 Å². The van der Waals surface area contributed by atoms with E-state index in [4.69, 9.17) is 17.0 Å². The van der Waals surface area contributed by atoms with E-state index in [1.165, 1.54) is 22.2 Å². The van der Waals surface area contributed by atoms with E-state index in [0.29, 0.717) is 11.2 Å². The van der Waals surface area contributed by atoms with Gasteiger partial charge in [-0.05, 0) is 42.4 Å². The van der Waals surface area contributed by atoms with Gasteiger partial charge in [-0.15, -0.1) is 0 Å². The predicted octanol–water partition coefficient (Wildman–Crippen LogP) is 0.265. The van der Waals surface area contributed by atoms with Crippen LogP contribution in [0, 0.1) is 0 Å². The summed E-state index contributed by atoms with van der Waals surface area (Å²) < 4.78 is 5.29. The Hall–Kier alpha value is -1.79. The van der Waals surface area contributed by atoms with Crippen molar-refractivity contribution in [1.29, 1.82) is 0 Å². The van der Waals surface area contributed by atoms with Crippen LogP contribution in [-0.4, -0.2) is 23.2 Å². The molecule has 0 spiro atoms. The summed E-state index contributed by atoms with van der Waals surface area (Å²) in [7, 11) is 1.69. The molecule has 0 amide bonds. The highest BCUT2D eigenvalue weighted by atomic mass is 32.1. The number of aromatic nitrogens is 1. The molecule has 0 saturated heterocycles. The summed E-state index contributed by atoms with van der Waals surface area (Å²) >= 11 is 5.10. The zero-order valence-electron chi connectivity index (χ0n) is 10.7. The third-order valence-electron chi connectivity index (χ3n) is 3.60.